The number of hydrogen-bond acceptors (Lipinski definition) is 11. The van der Waals surface area contributed by atoms with Crippen LogP contribution in [0.1, 0.15) is 16.9 Å². The number of aromatic nitrogens is 4. The number of anilines is 1. The number of H-pyrrole nitrogens is 1. The number of nitrogens with two attached hydrogens (primary N) is 1. The molecule has 214 valence electrons. The van der Waals surface area contributed by atoms with Crippen molar-refractivity contribution in [3.63, 3.8) is 0 Å². The highest BCUT2D eigenvalue weighted by Crippen LogP contribution is 2.50. The molecule has 0 aliphatic heterocycles. The first-order valence-corrected chi connectivity index (χ1v) is 14.0. The third kappa shape index (κ3) is 6.87. The first-order chi connectivity index (χ1) is 19.7. The molecule has 0 amide bonds. The quantitative estimate of drug-likeness (QED) is 0.160. The fourth-order valence-corrected chi connectivity index (χ4v) is 5.11. The van der Waals surface area contributed by atoms with E-state index in [0.717, 1.165) is 5.56 Å². The first kappa shape index (κ1) is 28.2. The summed E-state index contributed by atoms with van der Waals surface area (Å²) in [6, 6.07) is 12.7. The molecular weight excluding hydrogens is 560 g/mol. The lowest BCUT2D eigenvalue weighted by molar-refractivity contribution is 0.114. The summed E-state index contributed by atoms with van der Waals surface area (Å²) in [6.45, 7) is 1.43. The molecule has 0 saturated carbocycles. The lowest BCUT2D eigenvalue weighted by Gasteiger charge is -2.18. The van der Waals surface area contributed by atoms with E-state index >= 15 is 0 Å². The Morgan fingerprint density at radius 2 is 1.88 bits per heavy atom. The lowest BCUT2D eigenvalue weighted by atomic mass is 10.1. The molecule has 0 fully saturated rings. The van der Waals surface area contributed by atoms with Gasteiger partial charge in [0.05, 0.1) is 19.5 Å². The molecule has 5 aromatic rings. The molecule has 0 bridgehead atoms. The van der Waals surface area contributed by atoms with Crippen molar-refractivity contribution in [2.24, 2.45) is 0 Å². The second kappa shape index (κ2) is 12.0. The number of imidazole rings is 1. The molecule has 0 radical (unpaired) electrons. The minimum atomic E-state index is -4.01. The van der Waals surface area contributed by atoms with Gasteiger partial charge in [-0.2, -0.15) is 4.98 Å². The third-order valence-electron chi connectivity index (χ3n) is 5.89. The number of nitrogens with one attached hydrogen (secondary N) is 1. The molecule has 0 saturated heterocycles. The molecule has 15 heteroatoms. The van der Waals surface area contributed by atoms with Crippen LogP contribution in [0.4, 0.5) is 10.3 Å². The van der Waals surface area contributed by atoms with Gasteiger partial charge in [0, 0.05) is 12.1 Å². The molecule has 2 aromatic carbocycles. The average Bonchev–Trinajstić information content (AvgIpc) is 3.52. The summed E-state index contributed by atoms with van der Waals surface area (Å²) in [5.41, 5.74) is 7.50. The summed E-state index contributed by atoms with van der Waals surface area (Å²) in [5.74, 6) is -1.37. The number of nitrogens with zero attached hydrogens (tertiary/aromatic N) is 3. The van der Waals surface area contributed by atoms with Crippen LogP contribution >= 0.6 is 7.60 Å². The van der Waals surface area contributed by atoms with Crippen molar-refractivity contribution in [2.75, 3.05) is 18.7 Å². The number of aryl methyl sites for hydroxylation is 1. The van der Waals surface area contributed by atoms with E-state index in [2.05, 4.69) is 15.0 Å². The fraction of sp³-hybridized carbons (Fsp3) is 0.231. The van der Waals surface area contributed by atoms with E-state index < -0.39 is 37.7 Å². The van der Waals surface area contributed by atoms with Gasteiger partial charge in [-0.1, -0.05) is 42.0 Å². The first-order valence-electron chi connectivity index (χ1n) is 12.3. The number of fused-ring (bicyclic) bond motifs is 1. The van der Waals surface area contributed by atoms with Gasteiger partial charge in [-0.25, -0.2) is 14.2 Å². The van der Waals surface area contributed by atoms with Crippen molar-refractivity contribution in [3.05, 3.63) is 98.5 Å². The van der Waals surface area contributed by atoms with Gasteiger partial charge < -0.3 is 28.4 Å². The summed E-state index contributed by atoms with van der Waals surface area (Å²) in [5, 5.41) is 0. The Morgan fingerprint density at radius 3 is 2.66 bits per heavy atom. The lowest BCUT2D eigenvalue weighted by Crippen LogP contribution is -2.13. The summed E-state index contributed by atoms with van der Waals surface area (Å²) >= 11 is 0. The molecule has 0 aliphatic rings. The highest BCUT2D eigenvalue weighted by atomic mass is 31.2. The van der Waals surface area contributed by atoms with E-state index in [1.807, 2.05) is 19.1 Å². The van der Waals surface area contributed by atoms with Crippen molar-refractivity contribution in [1.29, 1.82) is 0 Å². The number of ether oxygens (including phenoxy) is 1. The van der Waals surface area contributed by atoms with Crippen LogP contribution in [0, 0.1) is 12.7 Å². The number of aromatic amines is 1. The Balaban J connectivity index is 1.29. The van der Waals surface area contributed by atoms with Gasteiger partial charge in [-0.3, -0.25) is 18.9 Å². The molecular formula is C26H25FN5O8P. The minimum Gasteiger partial charge on any atom is -0.393 e. The van der Waals surface area contributed by atoms with Crippen LogP contribution in [-0.2, 0) is 38.1 Å². The number of halogens is 1. The molecule has 0 aliphatic carbocycles. The van der Waals surface area contributed by atoms with Crippen LogP contribution in [-0.4, -0.2) is 32.5 Å². The predicted octanol–water partition coefficient (Wildman–Crippen LogP) is 3.96. The van der Waals surface area contributed by atoms with Gasteiger partial charge >= 0.3 is 13.4 Å². The predicted molar refractivity (Wildman–Crippen MR) is 144 cm³/mol. The van der Waals surface area contributed by atoms with Gasteiger partial charge in [0.15, 0.2) is 22.7 Å². The highest BCUT2D eigenvalue weighted by Gasteiger charge is 2.28. The fourth-order valence-electron chi connectivity index (χ4n) is 3.87. The molecule has 3 heterocycles. The number of hydrogen-bond donors (Lipinski definition) is 2. The van der Waals surface area contributed by atoms with Crippen LogP contribution in [0.3, 0.4) is 0 Å². The maximum atomic E-state index is 13.7. The summed E-state index contributed by atoms with van der Waals surface area (Å²) in [4.78, 5) is 34.4. The van der Waals surface area contributed by atoms with Crippen molar-refractivity contribution in [1.82, 2.24) is 19.5 Å². The minimum absolute atomic E-state index is 0.00588. The van der Waals surface area contributed by atoms with Crippen molar-refractivity contribution in [3.8, 4) is 11.3 Å². The van der Waals surface area contributed by atoms with Crippen LogP contribution in [0.2, 0.25) is 0 Å². The van der Waals surface area contributed by atoms with E-state index in [1.54, 1.807) is 22.8 Å². The van der Waals surface area contributed by atoms with Gasteiger partial charge in [-0.05, 0) is 24.6 Å². The average molecular weight is 585 g/mol. The molecule has 0 spiro atoms. The van der Waals surface area contributed by atoms with Crippen LogP contribution in [0.15, 0.2) is 73.3 Å². The van der Waals surface area contributed by atoms with E-state index in [-0.39, 0.29) is 48.4 Å². The van der Waals surface area contributed by atoms with Crippen LogP contribution in [0.5, 0.6) is 0 Å². The second-order valence-corrected chi connectivity index (χ2v) is 11.0. The Labute approximate surface area is 231 Å². The van der Waals surface area contributed by atoms with Crippen molar-refractivity contribution >= 4 is 24.7 Å². The number of rotatable bonds is 12. The van der Waals surface area contributed by atoms with E-state index in [9.17, 15) is 18.5 Å². The Hall–Kier alpha value is -4.36. The van der Waals surface area contributed by atoms with Gasteiger partial charge in [0.25, 0.3) is 5.56 Å². The maximum absolute atomic E-state index is 13.7. The largest absolute Gasteiger partial charge is 0.519 e. The summed E-state index contributed by atoms with van der Waals surface area (Å²) < 4.78 is 56.1. The summed E-state index contributed by atoms with van der Waals surface area (Å²) in [6.07, 6.45) is 0.910. The number of benzene rings is 2. The normalized spacial score (nSPS) is 13.0. The van der Waals surface area contributed by atoms with Crippen molar-refractivity contribution < 1.29 is 31.6 Å². The zero-order valence-corrected chi connectivity index (χ0v) is 22.6. The highest BCUT2D eigenvalue weighted by molar-refractivity contribution is 7.53. The molecule has 13 nitrogen and oxygen atoms in total. The topological polar surface area (TPSA) is 178 Å². The second-order valence-electron chi connectivity index (χ2n) is 8.96. The standard InChI is InChI=1S/C26H25FN5O8P/c1-16-5-7-18(8-6-16)22-20(39-26(34)40-22)13-38-41(35,37-12-17-3-2-4-19(27)11-17)15-36-10-9-32-14-29-21-23(32)30-25(28)31-24(21)33/h2-8,11,14H,9-10,12-13,15H2,1H3,(H3,28,30,31,33). The Kier molecular flexibility index (Phi) is 8.26. The molecule has 3 aromatic heterocycles. The molecule has 5 rings (SSSR count). The zero-order valence-electron chi connectivity index (χ0n) is 21.7. The molecule has 41 heavy (non-hydrogen) atoms. The van der Waals surface area contributed by atoms with E-state index in [0.29, 0.717) is 11.1 Å². The smallest absolute Gasteiger partial charge is 0.393 e. The van der Waals surface area contributed by atoms with Crippen molar-refractivity contribution in [2.45, 2.75) is 26.7 Å². The monoisotopic (exact) mass is 585 g/mol. The Bertz CT molecular complexity index is 1830. The zero-order chi connectivity index (χ0) is 29.0. The SMILES string of the molecule is Cc1ccc(-c2oc(=O)oc2COP(=O)(COCCn2cnc3c(=O)[nH]c(N)nc32)OCc2cccc(F)c2)cc1. The molecule has 1 unspecified atom stereocenters. The molecule has 3 N–H and O–H groups in total. The van der Waals surface area contributed by atoms with Gasteiger partial charge in [0.2, 0.25) is 5.95 Å². The molecule has 1 atom stereocenters. The third-order valence-corrected chi connectivity index (χ3v) is 7.43. The van der Waals surface area contributed by atoms with Crippen LogP contribution < -0.4 is 17.1 Å². The number of nitrogen functional groups attached to an aromatic ring is 1. The Morgan fingerprint density at radius 1 is 1.10 bits per heavy atom. The van der Waals surface area contributed by atoms with Crippen LogP contribution in [0.25, 0.3) is 22.5 Å². The van der Waals surface area contributed by atoms with Gasteiger partial charge in [-0.15, -0.1) is 0 Å². The van der Waals surface area contributed by atoms with Gasteiger partial charge in [0.1, 0.15) is 18.8 Å². The summed E-state index contributed by atoms with van der Waals surface area (Å²) in [7, 11) is -4.01. The van der Waals surface area contributed by atoms with E-state index in [4.69, 9.17) is 28.4 Å². The maximum Gasteiger partial charge on any atom is 0.519 e. The van der Waals surface area contributed by atoms with E-state index in [1.165, 1.54) is 24.5 Å².